The van der Waals surface area contributed by atoms with Gasteiger partial charge in [0.2, 0.25) is 0 Å². The second-order valence-corrected chi connectivity index (χ2v) is 5.72. The number of thiazole rings is 1. The largest absolute Gasteiger partial charge is 0.395 e. The molecular weight excluding hydrogens is 262 g/mol. The third kappa shape index (κ3) is 2.15. The van der Waals surface area contributed by atoms with Crippen molar-refractivity contribution in [2.75, 3.05) is 18.1 Å². The van der Waals surface area contributed by atoms with Crippen LogP contribution in [0, 0.1) is 0 Å². The number of aromatic nitrogens is 2. The molecule has 0 unspecified atom stereocenters. The molecule has 0 amide bonds. The fraction of sp³-hybridized carbons (Fsp3) is 0.538. The number of fused-ring (bicyclic) bond motifs is 1. The molecule has 1 aliphatic carbocycles. The summed E-state index contributed by atoms with van der Waals surface area (Å²) in [4.78, 5) is 18.9. The van der Waals surface area contributed by atoms with Crippen LogP contribution >= 0.6 is 11.3 Å². The topological polar surface area (TPSA) is 57.8 Å². The fourth-order valence-corrected chi connectivity index (χ4v) is 3.61. The standard InChI is InChI=1S/C13H17N3O2S/c17-7-5-15(10-3-1-2-4-10)12-11(9-18)16-6-8-19-13(16)14-12/h6,8-10,17H,1-5,7H2. The molecule has 0 aliphatic heterocycles. The van der Waals surface area contributed by atoms with Crippen LogP contribution < -0.4 is 4.90 Å². The Bertz CT molecular complexity index is 571. The molecule has 1 fully saturated rings. The maximum absolute atomic E-state index is 11.4. The second-order valence-electron chi connectivity index (χ2n) is 4.85. The molecule has 5 nitrogen and oxygen atoms in total. The van der Waals surface area contributed by atoms with Crippen LogP contribution in [-0.2, 0) is 0 Å². The molecule has 0 bridgehead atoms. The lowest BCUT2D eigenvalue weighted by molar-refractivity contribution is 0.111. The van der Waals surface area contributed by atoms with Gasteiger partial charge in [-0.2, -0.15) is 0 Å². The summed E-state index contributed by atoms with van der Waals surface area (Å²) in [6, 6.07) is 0.399. The number of anilines is 1. The summed E-state index contributed by atoms with van der Waals surface area (Å²) in [5.74, 6) is 0.725. The van der Waals surface area contributed by atoms with E-state index in [-0.39, 0.29) is 6.61 Å². The Hall–Kier alpha value is -1.40. The minimum atomic E-state index is 0.0833. The zero-order chi connectivity index (χ0) is 13.2. The Labute approximate surface area is 115 Å². The van der Waals surface area contributed by atoms with Gasteiger partial charge in [0.1, 0.15) is 5.69 Å². The summed E-state index contributed by atoms with van der Waals surface area (Å²) < 4.78 is 1.83. The Morgan fingerprint density at radius 1 is 1.53 bits per heavy atom. The maximum atomic E-state index is 11.4. The van der Waals surface area contributed by atoms with Crippen molar-refractivity contribution in [3.63, 3.8) is 0 Å². The summed E-state index contributed by atoms with van der Waals surface area (Å²) in [6.07, 6.45) is 7.39. The lowest BCUT2D eigenvalue weighted by Crippen LogP contribution is -2.36. The van der Waals surface area contributed by atoms with Crippen molar-refractivity contribution < 1.29 is 9.90 Å². The van der Waals surface area contributed by atoms with Crippen molar-refractivity contribution >= 4 is 28.4 Å². The van der Waals surface area contributed by atoms with Crippen LogP contribution in [0.1, 0.15) is 36.2 Å². The van der Waals surface area contributed by atoms with Gasteiger partial charge < -0.3 is 10.0 Å². The molecule has 0 atom stereocenters. The summed E-state index contributed by atoms with van der Waals surface area (Å²) in [7, 11) is 0. The summed E-state index contributed by atoms with van der Waals surface area (Å²) >= 11 is 1.52. The predicted octanol–water partition coefficient (Wildman–Crippen LogP) is 1.95. The van der Waals surface area contributed by atoms with Gasteiger partial charge in [-0.05, 0) is 12.8 Å². The van der Waals surface area contributed by atoms with E-state index in [1.807, 2.05) is 16.0 Å². The van der Waals surface area contributed by atoms with E-state index in [9.17, 15) is 9.90 Å². The molecule has 2 aromatic rings. The molecule has 19 heavy (non-hydrogen) atoms. The SMILES string of the molecule is O=Cc1c(N(CCO)C2CCCC2)nc2sccn12. The Morgan fingerprint density at radius 3 is 3.00 bits per heavy atom. The predicted molar refractivity (Wildman–Crippen MR) is 75.1 cm³/mol. The van der Waals surface area contributed by atoms with E-state index in [0.29, 0.717) is 18.3 Å². The van der Waals surface area contributed by atoms with Crippen molar-refractivity contribution in [1.29, 1.82) is 0 Å². The van der Waals surface area contributed by atoms with Crippen molar-refractivity contribution in [1.82, 2.24) is 9.38 Å². The zero-order valence-electron chi connectivity index (χ0n) is 10.7. The van der Waals surface area contributed by atoms with Gasteiger partial charge in [0.25, 0.3) is 0 Å². The van der Waals surface area contributed by atoms with Gasteiger partial charge in [-0.1, -0.05) is 12.8 Å². The highest BCUT2D eigenvalue weighted by atomic mass is 32.1. The van der Waals surface area contributed by atoms with Crippen molar-refractivity contribution in [2.45, 2.75) is 31.7 Å². The number of aliphatic hydroxyl groups excluding tert-OH is 1. The van der Waals surface area contributed by atoms with E-state index in [2.05, 4.69) is 9.88 Å². The van der Waals surface area contributed by atoms with Crippen LogP contribution in [0.3, 0.4) is 0 Å². The Kier molecular flexibility index (Phi) is 3.52. The fourth-order valence-electron chi connectivity index (χ4n) is 2.90. The van der Waals surface area contributed by atoms with E-state index < -0.39 is 0 Å². The van der Waals surface area contributed by atoms with E-state index >= 15 is 0 Å². The first-order chi connectivity index (χ1) is 9.35. The molecule has 0 spiro atoms. The number of nitrogens with zero attached hydrogens (tertiary/aromatic N) is 3. The first kappa shape index (κ1) is 12.6. The second kappa shape index (κ2) is 5.30. The van der Waals surface area contributed by atoms with Gasteiger partial charge in [-0.3, -0.25) is 9.20 Å². The normalized spacial score (nSPS) is 16.3. The average Bonchev–Trinajstić information content (AvgIpc) is 3.11. The highest BCUT2D eigenvalue weighted by molar-refractivity contribution is 7.15. The molecular formula is C13H17N3O2S. The Morgan fingerprint density at radius 2 is 2.32 bits per heavy atom. The molecule has 3 rings (SSSR count). The average molecular weight is 279 g/mol. The molecule has 2 aromatic heterocycles. The van der Waals surface area contributed by atoms with Crippen LogP contribution in [0.2, 0.25) is 0 Å². The number of carbonyl (C=O) groups is 1. The number of aldehydes is 1. The molecule has 0 saturated heterocycles. The van der Waals surface area contributed by atoms with Crippen LogP contribution in [-0.4, -0.2) is 40.0 Å². The first-order valence-corrected chi connectivity index (χ1v) is 7.51. The van der Waals surface area contributed by atoms with Gasteiger partial charge in [0.05, 0.1) is 6.61 Å². The molecule has 0 aromatic carbocycles. The number of rotatable bonds is 5. The molecule has 1 saturated carbocycles. The molecule has 2 heterocycles. The third-order valence-electron chi connectivity index (χ3n) is 3.77. The van der Waals surface area contributed by atoms with Gasteiger partial charge in [0.15, 0.2) is 17.1 Å². The van der Waals surface area contributed by atoms with E-state index in [1.165, 1.54) is 24.2 Å². The van der Waals surface area contributed by atoms with E-state index in [0.717, 1.165) is 29.9 Å². The highest BCUT2D eigenvalue weighted by Crippen LogP contribution is 2.30. The number of carbonyl (C=O) groups excluding carboxylic acids is 1. The van der Waals surface area contributed by atoms with Gasteiger partial charge in [0, 0.05) is 24.2 Å². The van der Waals surface area contributed by atoms with E-state index in [4.69, 9.17) is 0 Å². The maximum Gasteiger partial charge on any atom is 0.196 e. The summed E-state index contributed by atoms with van der Waals surface area (Å²) in [5.41, 5.74) is 0.594. The van der Waals surface area contributed by atoms with Gasteiger partial charge in [-0.25, -0.2) is 4.98 Å². The molecule has 6 heteroatoms. The van der Waals surface area contributed by atoms with Crippen LogP contribution in [0.15, 0.2) is 11.6 Å². The van der Waals surface area contributed by atoms with Crippen LogP contribution in [0.5, 0.6) is 0 Å². The number of imidazole rings is 1. The third-order valence-corrected chi connectivity index (χ3v) is 4.53. The highest BCUT2D eigenvalue weighted by Gasteiger charge is 2.27. The molecule has 1 aliphatic rings. The zero-order valence-corrected chi connectivity index (χ0v) is 11.5. The van der Waals surface area contributed by atoms with Crippen LogP contribution in [0.25, 0.3) is 4.96 Å². The minimum Gasteiger partial charge on any atom is -0.395 e. The number of hydrogen-bond donors (Lipinski definition) is 1. The van der Waals surface area contributed by atoms with Gasteiger partial charge >= 0.3 is 0 Å². The molecule has 0 radical (unpaired) electrons. The smallest absolute Gasteiger partial charge is 0.196 e. The Balaban J connectivity index is 2.02. The summed E-state index contributed by atoms with van der Waals surface area (Å²) in [5, 5.41) is 11.2. The van der Waals surface area contributed by atoms with Gasteiger partial charge in [-0.15, -0.1) is 11.3 Å². The van der Waals surface area contributed by atoms with Crippen molar-refractivity contribution in [3.05, 3.63) is 17.3 Å². The lowest BCUT2D eigenvalue weighted by atomic mass is 10.2. The van der Waals surface area contributed by atoms with Crippen molar-refractivity contribution in [3.8, 4) is 0 Å². The monoisotopic (exact) mass is 279 g/mol. The number of aliphatic hydroxyl groups is 1. The molecule has 1 N–H and O–H groups in total. The van der Waals surface area contributed by atoms with E-state index in [1.54, 1.807) is 0 Å². The first-order valence-electron chi connectivity index (χ1n) is 6.63. The van der Waals surface area contributed by atoms with Crippen LogP contribution in [0.4, 0.5) is 5.82 Å². The molecule has 102 valence electrons. The van der Waals surface area contributed by atoms with Crippen molar-refractivity contribution in [2.24, 2.45) is 0 Å². The lowest BCUT2D eigenvalue weighted by Gasteiger charge is -2.28. The number of hydrogen-bond acceptors (Lipinski definition) is 5. The minimum absolute atomic E-state index is 0.0833. The summed E-state index contributed by atoms with van der Waals surface area (Å²) in [6.45, 7) is 0.621. The quantitative estimate of drug-likeness (QED) is 0.850.